The summed E-state index contributed by atoms with van der Waals surface area (Å²) in [5.74, 6) is 1.94. The molecule has 19 heavy (non-hydrogen) atoms. The quantitative estimate of drug-likeness (QED) is 0.290. The second kappa shape index (κ2) is 8.99. The number of esters is 2. The summed E-state index contributed by atoms with van der Waals surface area (Å²) in [6, 6.07) is 0. The lowest BCUT2D eigenvalue weighted by molar-refractivity contribution is -0.175. The van der Waals surface area contributed by atoms with Gasteiger partial charge in [-0.2, -0.15) is 0 Å². The molecule has 0 rings (SSSR count). The molecule has 0 aromatic heterocycles. The number of rotatable bonds is 8. The first-order valence-electron chi connectivity index (χ1n) is 5.93. The van der Waals surface area contributed by atoms with Crippen LogP contribution in [0.25, 0.3) is 0 Å². The number of hydrogen-bond donors (Lipinski definition) is 0. The summed E-state index contributed by atoms with van der Waals surface area (Å²) in [6.45, 7) is 1.36. The highest BCUT2D eigenvalue weighted by molar-refractivity contribution is 6.03. The van der Waals surface area contributed by atoms with Crippen LogP contribution in [0.4, 0.5) is 4.39 Å². The molecule has 0 unspecified atom stereocenters. The number of ether oxygens (including phenoxy) is 2. The molecule has 0 bridgehead atoms. The average Bonchev–Trinajstić information content (AvgIpc) is 2.39. The van der Waals surface area contributed by atoms with Crippen molar-refractivity contribution in [3.63, 3.8) is 0 Å². The lowest BCUT2D eigenvalue weighted by Crippen LogP contribution is -2.45. The first-order valence-corrected chi connectivity index (χ1v) is 5.93. The average molecular weight is 268 g/mol. The maximum Gasteiger partial charge on any atom is 0.355 e. The van der Waals surface area contributed by atoms with Crippen molar-refractivity contribution in [3.05, 3.63) is 0 Å². The number of carbonyl (C=O) groups excluding carboxylic acids is 2. The Bertz CT molecular complexity index is 357. The van der Waals surface area contributed by atoms with Crippen LogP contribution in [0, 0.1) is 24.7 Å². The van der Waals surface area contributed by atoms with Gasteiger partial charge in [0.1, 0.15) is 13.2 Å². The Morgan fingerprint density at radius 3 is 1.84 bits per heavy atom. The minimum absolute atomic E-state index is 0.137. The van der Waals surface area contributed by atoms with Crippen LogP contribution < -0.4 is 0 Å². The monoisotopic (exact) mass is 268 g/mol. The largest absolute Gasteiger partial charge is 0.462 e. The van der Waals surface area contributed by atoms with Crippen LogP contribution in [-0.2, 0) is 19.1 Å². The Labute approximate surface area is 112 Å². The van der Waals surface area contributed by atoms with Gasteiger partial charge in [-0.1, -0.05) is 13.3 Å². The second-order valence-electron chi connectivity index (χ2n) is 3.73. The van der Waals surface area contributed by atoms with Crippen LogP contribution >= 0.6 is 0 Å². The molecule has 0 radical (unpaired) electrons. The summed E-state index contributed by atoms with van der Waals surface area (Å²) in [7, 11) is 0. The van der Waals surface area contributed by atoms with Crippen LogP contribution in [0.2, 0.25) is 0 Å². The van der Waals surface area contributed by atoms with E-state index in [9.17, 15) is 14.0 Å². The Kier molecular flexibility index (Phi) is 8.04. The Morgan fingerprint density at radius 1 is 1.11 bits per heavy atom. The van der Waals surface area contributed by atoms with Crippen molar-refractivity contribution >= 4 is 11.9 Å². The summed E-state index contributed by atoms with van der Waals surface area (Å²) < 4.78 is 23.6. The normalized spacial score (nSPS) is 10.1. The van der Waals surface area contributed by atoms with Crippen LogP contribution in [0.1, 0.15) is 32.6 Å². The predicted molar refractivity (Wildman–Crippen MR) is 67.6 cm³/mol. The van der Waals surface area contributed by atoms with Crippen molar-refractivity contribution in [1.29, 1.82) is 0 Å². The zero-order valence-electron chi connectivity index (χ0n) is 10.9. The van der Waals surface area contributed by atoms with Crippen LogP contribution in [0.3, 0.4) is 0 Å². The summed E-state index contributed by atoms with van der Waals surface area (Å²) in [6.07, 6.45) is 10.2. The Balaban J connectivity index is 4.63. The summed E-state index contributed by atoms with van der Waals surface area (Å²) in [5.41, 5.74) is -2.79. The zero-order chi connectivity index (χ0) is 14.7. The SMILES string of the molecule is C#CCCOC(=O)C(F)(CCC)C(=O)OCCC#C. The highest BCUT2D eigenvalue weighted by Gasteiger charge is 2.49. The van der Waals surface area contributed by atoms with E-state index in [0.29, 0.717) is 0 Å². The topological polar surface area (TPSA) is 52.6 Å². The molecule has 0 spiro atoms. The fourth-order valence-electron chi connectivity index (χ4n) is 1.27. The molecule has 5 heteroatoms. The molecule has 0 N–H and O–H groups in total. The molecule has 0 fully saturated rings. The Morgan fingerprint density at radius 2 is 1.53 bits per heavy atom. The van der Waals surface area contributed by atoms with E-state index in [-0.39, 0.29) is 38.9 Å². The fourth-order valence-corrected chi connectivity index (χ4v) is 1.27. The summed E-state index contributed by atoms with van der Waals surface area (Å²) in [4.78, 5) is 23.2. The van der Waals surface area contributed by atoms with Gasteiger partial charge in [-0.05, 0) is 0 Å². The minimum Gasteiger partial charge on any atom is -0.462 e. The van der Waals surface area contributed by atoms with Gasteiger partial charge in [0.15, 0.2) is 0 Å². The molecule has 4 nitrogen and oxygen atoms in total. The van der Waals surface area contributed by atoms with E-state index in [1.165, 1.54) is 0 Å². The van der Waals surface area contributed by atoms with E-state index in [0.717, 1.165) is 0 Å². The molecule has 0 aliphatic rings. The molecule has 0 amide bonds. The van der Waals surface area contributed by atoms with Gasteiger partial charge in [0, 0.05) is 19.3 Å². The summed E-state index contributed by atoms with van der Waals surface area (Å²) >= 11 is 0. The minimum atomic E-state index is -2.79. The van der Waals surface area contributed by atoms with Crippen molar-refractivity contribution in [2.45, 2.75) is 38.3 Å². The maximum atomic E-state index is 14.4. The van der Waals surface area contributed by atoms with Gasteiger partial charge >= 0.3 is 17.6 Å². The van der Waals surface area contributed by atoms with Gasteiger partial charge in [0.25, 0.3) is 0 Å². The number of halogens is 1. The van der Waals surface area contributed by atoms with Crippen molar-refractivity contribution in [2.75, 3.05) is 13.2 Å². The lowest BCUT2D eigenvalue weighted by atomic mass is 10.0. The third kappa shape index (κ3) is 5.44. The second-order valence-corrected chi connectivity index (χ2v) is 3.73. The van der Waals surface area contributed by atoms with Crippen molar-refractivity contribution in [2.24, 2.45) is 0 Å². The third-order valence-electron chi connectivity index (χ3n) is 2.20. The van der Waals surface area contributed by atoms with Crippen LogP contribution in [0.5, 0.6) is 0 Å². The fraction of sp³-hybridized carbons (Fsp3) is 0.571. The van der Waals surface area contributed by atoms with Crippen LogP contribution in [0.15, 0.2) is 0 Å². The van der Waals surface area contributed by atoms with E-state index in [1.54, 1.807) is 6.92 Å². The van der Waals surface area contributed by atoms with Gasteiger partial charge in [0.05, 0.1) is 0 Å². The number of hydrogen-bond acceptors (Lipinski definition) is 4. The number of carbonyl (C=O) groups is 2. The van der Waals surface area contributed by atoms with Gasteiger partial charge < -0.3 is 9.47 Å². The van der Waals surface area contributed by atoms with E-state index >= 15 is 0 Å². The molecule has 0 aliphatic carbocycles. The first kappa shape index (κ1) is 17.0. The van der Waals surface area contributed by atoms with Gasteiger partial charge in [-0.3, -0.25) is 0 Å². The molecular formula is C14H17FO4. The van der Waals surface area contributed by atoms with E-state index in [4.69, 9.17) is 12.8 Å². The zero-order valence-corrected chi connectivity index (χ0v) is 10.9. The smallest absolute Gasteiger partial charge is 0.355 e. The molecular weight excluding hydrogens is 251 g/mol. The van der Waals surface area contributed by atoms with E-state index in [1.807, 2.05) is 0 Å². The highest BCUT2D eigenvalue weighted by atomic mass is 19.1. The number of terminal acetylenes is 2. The third-order valence-corrected chi connectivity index (χ3v) is 2.20. The number of alkyl halides is 1. The maximum absolute atomic E-state index is 14.4. The van der Waals surface area contributed by atoms with Crippen molar-refractivity contribution < 1.29 is 23.5 Å². The highest BCUT2D eigenvalue weighted by Crippen LogP contribution is 2.22. The van der Waals surface area contributed by atoms with Crippen molar-refractivity contribution in [3.8, 4) is 24.7 Å². The van der Waals surface area contributed by atoms with Gasteiger partial charge in [-0.25, -0.2) is 14.0 Å². The van der Waals surface area contributed by atoms with Crippen LogP contribution in [-0.4, -0.2) is 30.8 Å². The Hall–Kier alpha value is -2.01. The standard InChI is InChI=1S/C14H17FO4/c1-4-7-10-18-12(16)14(15,9-6-3)13(17)19-11-8-5-2/h1-2H,6-11H2,3H3. The molecule has 0 saturated carbocycles. The van der Waals surface area contributed by atoms with Gasteiger partial charge in [-0.15, -0.1) is 24.7 Å². The molecule has 0 saturated heterocycles. The molecule has 0 aliphatic heterocycles. The summed E-state index contributed by atoms with van der Waals surface area (Å²) in [5, 5.41) is 0. The van der Waals surface area contributed by atoms with Crippen molar-refractivity contribution in [1.82, 2.24) is 0 Å². The first-order chi connectivity index (χ1) is 9.02. The molecule has 0 heterocycles. The van der Waals surface area contributed by atoms with E-state index in [2.05, 4.69) is 21.3 Å². The molecule has 0 aromatic rings. The van der Waals surface area contributed by atoms with Gasteiger partial charge in [0.2, 0.25) is 0 Å². The van der Waals surface area contributed by atoms with E-state index < -0.39 is 17.6 Å². The molecule has 0 atom stereocenters. The molecule has 0 aromatic carbocycles. The predicted octanol–water partition coefficient (Wildman–Crippen LogP) is 1.63. The lowest BCUT2D eigenvalue weighted by Gasteiger charge is -2.20. The molecule has 104 valence electrons.